The quantitative estimate of drug-likeness (QED) is 0.292. The van der Waals surface area contributed by atoms with Crippen molar-refractivity contribution < 1.29 is 19.0 Å². The van der Waals surface area contributed by atoms with Crippen LogP contribution in [0, 0.1) is 0 Å². The van der Waals surface area contributed by atoms with Crippen molar-refractivity contribution in [3.05, 3.63) is 72.4 Å². The molecule has 0 aliphatic carbocycles. The summed E-state index contributed by atoms with van der Waals surface area (Å²) in [7, 11) is 3.28. The van der Waals surface area contributed by atoms with E-state index in [1.807, 2.05) is 81.4 Å². The Balaban J connectivity index is 1.60. The van der Waals surface area contributed by atoms with E-state index in [0.29, 0.717) is 23.9 Å². The van der Waals surface area contributed by atoms with Gasteiger partial charge in [-0.25, -0.2) is 14.8 Å². The van der Waals surface area contributed by atoms with Gasteiger partial charge in [0.2, 0.25) is 5.95 Å². The summed E-state index contributed by atoms with van der Waals surface area (Å²) in [6.45, 7) is 6.13. The normalized spacial score (nSPS) is 11.2. The maximum Gasteiger partial charge on any atom is 0.412 e. The van der Waals surface area contributed by atoms with E-state index in [-0.39, 0.29) is 0 Å². The van der Waals surface area contributed by atoms with E-state index in [0.717, 1.165) is 39.8 Å². The SMILES string of the molecule is COc1ccc2cc(-c3ccnc(NCCc4ccccc4OC)n3)cc(NC(=O)OC(C)(C)C)c2c1. The van der Waals surface area contributed by atoms with Crippen molar-refractivity contribution >= 4 is 28.5 Å². The number of carbonyl (C=O) groups excluding carboxylic acids is 1. The van der Waals surface area contributed by atoms with Gasteiger partial charge in [0.25, 0.3) is 0 Å². The van der Waals surface area contributed by atoms with Crippen LogP contribution in [0.2, 0.25) is 0 Å². The number of aromatic nitrogens is 2. The van der Waals surface area contributed by atoms with Crippen LogP contribution < -0.4 is 20.1 Å². The number of para-hydroxylation sites is 1. The first kappa shape index (κ1) is 25.8. The number of fused-ring (bicyclic) bond motifs is 1. The molecule has 0 radical (unpaired) electrons. The molecule has 0 bridgehead atoms. The summed E-state index contributed by atoms with van der Waals surface area (Å²) in [6.07, 6.45) is 1.95. The summed E-state index contributed by atoms with van der Waals surface area (Å²) in [5.41, 5.74) is 2.65. The topological polar surface area (TPSA) is 94.6 Å². The molecule has 3 aromatic carbocycles. The van der Waals surface area contributed by atoms with Gasteiger partial charge in [0.1, 0.15) is 17.1 Å². The van der Waals surface area contributed by atoms with E-state index < -0.39 is 11.7 Å². The highest BCUT2D eigenvalue weighted by Gasteiger charge is 2.18. The average Bonchev–Trinajstić information content (AvgIpc) is 2.87. The van der Waals surface area contributed by atoms with Crippen LogP contribution in [0.4, 0.5) is 16.4 Å². The fourth-order valence-corrected chi connectivity index (χ4v) is 3.95. The lowest BCUT2D eigenvalue weighted by Gasteiger charge is -2.20. The van der Waals surface area contributed by atoms with E-state index in [4.69, 9.17) is 19.2 Å². The van der Waals surface area contributed by atoms with E-state index in [2.05, 4.69) is 15.6 Å². The highest BCUT2D eigenvalue weighted by Crippen LogP contribution is 2.33. The number of ether oxygens (including phenoxy) is 3. The zero-order valence-corrected chi connectivity index (χ0v) is 21.8. The number of hydrogen-bond acceptors (Lipinski definition) is 7. The second-order valence-corrected chi connectivity index (χ2v) is 9.49. The molecule has 4 rings (SSSR count). The lowest BCUT2D eigenvalue weighted by atomic mass is 10.0. The maximum absolute atomic E-state index is 12.6. The van der Waals surface area contributed by atoms with Crippen molar-refractivity contribution in [3.63, 3.8) is 0 Å². The summed E-state index contributed by atoms with van der Waals surface area (Å²) >= 11 is 0. The number of hydrogen-bond donors (Lipinski definition) is 2. The van der Waals surface area contributed by atoms with Gasteiger partial charge in [-0.05, 0) is 74.5 Å². The number of nitrogens with one attached hydrogen (secondary N) is 2. The molecule has 1 aromatic heterocycles. The zero-order valence-electron chi connectivity index (χ0n) is 21.8. The molecule has 0 atom stereocenters. The number of methoxy groups -OCH3 is 2. The van der Waals surface area contributed by atoms with Gasteiger partial charge in [0.15, 0.2) is 0 Å². The molecule has 8 nitrogen and oxygen atoms in total. The molecule has 4 aromatic rings. The summed E-state index contributed by atoms with van der Waals surface area (Å²) in [6, 6.07) is 19.4. The smallest absolute Gasteiger partial charge is 0.412 e. The third-order valence-electron chi connectivity index (χ3n) is 5.62. The monoisotopic (exact) mass is 500 g/mol. The summed E-state index contributed by atoms with van der Waals surface area (Å²) < 4.78 is 16.3. The van der Waals surface area contributed by atoms with Gasteiger partial charge in [0.05, 0.1) is 25.6 Å². The van der Waals surface area contributed by atoms with E-state index in [1.165, 1.54) is 0 Å². The van der Waals surface area contributed by atoms with Gasteiger partial charge in [-0.1, -0.05) is 24.3 Å². The van der Waals surface area contributed by atoms with Crippen LogP contribution >= 0.6 is 0 Å². The van der Waals surface area contributed by atoms with Crippen molar-refractivity contribution in [2.75, 3.05) is 31.4 Å². The Kier molecular flexibility index (Phi) is 7.77. The molecule has 8 heteroatoms. The molecule has 1 amide bonds. The second-order valence-electron chi connectivity index (χ2n) is 9.49. The number of rotatable bonds is 8. The first-order valence-electron chi connectivity index (χ1n) is 12.1. The van der Waals surface area contributed by atoms with Gasteiger partial charge < -0.3 is 19.5 Å². The molecular weight excluding hydrogens is 468 g/mol. The number of carbonyl (C=O) groups is 1. The van der Waals surface area contributed by atoms with E-state index in [9.17, 15) is 4.79 Å². The standard InChI is InChI=1S/C29H32N4O4/c1-29(2,3)37-28(34)33-25-17-21(16-20-10-11-22(35-4)18-23(20)25)24-13-15-31-27(32-24)30-14-12-19-8-6-7-9-26(19)36-5/h6-11,13,15-18H,12,14H2,1-5H3,(H,33,34)(H,30,31,32). The summed E-state index contributed by atoms with van der Waals surface area (Å²) in [5, 5.41) is 7.94. The van der Waals surface area contributed by atoms with Crippen LogP contribution in [0.5, 0.6) is 11.5 Å². The number of anilines is 2. The molecule has 0 fully saturated rings. The zero-order chi connectivity index (χ0) is 26.4. The number of amides is 1. The van der Waals surface area contributed by atoms with E-state index in [1.54, 1.807) is 20.4 Å². The summed E-state index contributed by atoms with van der Waals surface area (Å²) in [4.78, 5) is 21.7. The second kappa shape index (κ2) is 11.2. The number of benzene rings is 3. The molecule has 0 spiro atoms. The molecule has 2 N–H and O–H groups in total. The minimum Gasteiger partial charge on any atom is -0.497 e. The van der Waals surface area contributed by atoms with Gasteiger partial charge >= 0.3 is 6.09 Å². The molecule has 0 saturated carbocycles. The van der Waals surface area contributed by atoms with Crippen LogP contribution in [-0.2, 0) is 11.2 Å². The van der Waals surface area contributed by atoms with Crippen LogP contribution in [0.25, 0.3) is 22.0 Å². The molecular formula is C29H32N4O4. The summed E-state index contributed by atoms with van der Waals surface area (Å²) in [5.74, 6) is 2.07. The minimum absolute atomic E-state index is 0.517. The van der Waals surface area contributed by atoms with Gasteiger partial charge in [-0.3, -0.25) is 5.32 Å². The Morgan fingerprint density at radius 2 is 1.78 bits per heavy atom. The Morgan fingerprint density at radius 3 is 2.54 bits per heavy atom. The highest BCUT2D eigenvalue weighted by atomic mass is 16.6. The van der Waals surface area contributed by atoms with Crippen LogP contribution in [0.1, 0.15) is 26.3 Å². The van der Waals surface area contributed by atoms with Crippen molar-refractivity contribution in [2.24, 2.45) is 0 Å². The minimum atomic E-state index is -0.619. The Morgan fingerprint density at radius 1 is 0.973 bits per heavy atom. The molecule has 1 heterocycles. The van der Waals surface area contributed by atoms with Crippen molar-refractivity contribution in [1.82, 2.24) is 9.97 Å². The van der Waals surface area contributed by atoms with Crippen LogP contribution in [-0.4, -0.2) is 42.4 Å². The Hall–Kier alpha value is -4.33. The van der Waals surface area contributed by atoms with Crippen LogP contribution in [0.15, 0.2) is 66.9 Å². The van der Waals surface area contributed by atoms with Gasteiger partial charge in [-0.15, -0.1) is 0 Å². The van der Waals surface area contributed by atoms with Crippen LogP contribution in [0.3, 0.4) is 0 Å². The Labute approximate surface area is 217 Å². The predicted molar refractivity (Wildman–Crippen MR) is 147 cm³/mol. The van der Waals surface area contributed by atoms with Crippen molar-refractivity contribution in [2.45, 2.75) is 32.8 Å². The first-order valence-corrected chi connectivity index (χ1v) is 12.1. The number of nitrogens with zero attached hydrogens (tertiary/aromatic N) is 2. The third-order valence-corrected chi connectivity index (χ3v) is 5.62. The lowest BCUT2D eigenvalue weighted by Crippen LogP contribution is -2.27. The molecule has 0 saturated heterocycles. The van der Waals surface area contributed by atoms with Gasteiger partial charge in [-0.2, -0.15) is 0 Å². The molecule has 0 aliphatic rings. The predicted octanol–water partition coefficient (Wildman–Crippen LogP) is 6.32. The largest absolute Gasteiger partial charge is 0.497 e. The average molecular weight is 501 g/mol. The molecule has 0 unspecified atom stereocenters. The van der Waals surface area contributed by atoms with Gasteiger partial charge in [0, 0.05) is 23.7 Å². The fraction of sp³-hybridized carbons (Fsp3) is 0.276. The molecule has 192 valence electrons. The van der Waals surface area contributed by atoms with E-state index >= 15 is 0 Å². The highest BCUT2D eigenvalue weighted by molar-refractivity contribution is 6.03. The fourth-order valence-electron chi connectivity index (χ4n) is 3.95. The third kappa shape index (κ3) is 6.67. The maximum atomic E-state index is 12.6. The lowest BCUT2D eigenvalue weighted by molar-refractivity contribution is 0.0636. The van der Waals surface area contributed by atoms with Crippen molar-refractivity contribution in [3.8, 4) is 22.8 Å². The molecule has 0 aliphatic heterocycles. The van der Waals surface area contributed by atoms with Crippen molar-refractivity contribution in [1.29, 1.82) is 0 Å². The Bertz CT molecular complexity index is 1400. The molecule has 37 heavy (non-hydrogen) atoms. The first-order chi connectivity index (χ1) is 17.8.